The van der Waals surface area contributed by atoms with Crippen LogP contribution in [-0.2, 0) is 11.0 Å². The summed E-state index contributed by atoms with van der Waals surface area (Å²) in [5, 5.41) is 3.30. The monoisotopic (exact) mass is 544 g/mol. The van der Waals surface area contributed by atoms with Crippen LogP contribution in [0.2, 0.25) is 0 Å². The third-order valence-corrected chi connectivity index (χ3v) is 6.88. The van der Waals surface area contributed by atoms with Gasteiger partial charge in [0, 0.05) is 69.7 Å². The van der Waals surface area contributed by atoms with Crippen LogP contribution >= 0.6 is 0 Å². The van der Waals surface area contributed by atoms with E-state index in [9.17, 15) is 31.1 Å². The Bertz CT molecular complexity index is 1040. The van der Waals surface area contributed by atoms with Gasteiger partial charge in [-0.2, -0.15) is 13.2 Å². The summed E-state index contributed by atoms with van der Waals surface area (Å²) in [6.45, 7) is 4.66. The van der Waals surface area contributed by atoms with Gasteiger partial charge in [0.25, 0.3) is 0 Å². The molecule has 0 unspecified atom stereocenters. The van der Waals surface area contributed by atoms with Gasteiger partial charge in [0.15, 0.2) is 0 Å². The predicted octanol–water partition coefficient (Wildman–Crippen LogP) is 5.22. The molecule has 2 aliphatic rings. The zero-order valence-electron chi connectivity index (χ0n) is 20.7. The van der Waals surface area contributed by atoms with Gasteiger partial charge < -0.3 is 19.9 Å². The quantitative estimate of drug-likeness (QED) is 0.485. The maximum atomic E-state index is 12.8. The molecule has 2 heterocycles. The van der Waals surface area contributed by atoms with E-state index in [1.54, 1.807) is 0 Å². The van der Waals surface area contributed by atoms with Crippen LogP contribution in [0.15, 0.2) is 48.5 Å². The molecule has 0 bridgehead atoms. The summed E-state index contributed by atoms with van der Waals surface area (Å²) in [5.41, 5.74) is 0.794. The molecule has 1 N–H and O–H groups in total. The number of anilines is 2. The van der Waals surface area contributed by atoms with Gasteiger partial charge in [-0.25, -0.2) is 0 Å². The van der Waals surface area contributed by atoms with Crippen LogP contribution in [-0.4, -0.2) is 73.9 Å². The zero-order chi connectivity index (χ0) is 27.3. The van der Waals surface area contributed by atoms with Crippen LogP contribution < -0.4 is 15.0 Å². The van der Waals surface area contributed by atoms with Crippen molar-refractivity contribution in [2.24, 2.45) is 0 Å². The Morgan fingerprint density at radius 1 is 0.842 bits per heavy atom. The highest BCUT2D eigenvalue weighted by molar-refractivity contribution is 5.76. The first kappa shape index (κ1) is 27.9. The minimum absolute atomic E-state index is 0.0854. The highest BCUT2D eigenvalue weighted by atomic mass is 19.4. The van der Waals surface area contributed by atoms with E-state index in [0.717, 1.165) is 43.8 Å². The number of carbonyl (C=O) groups is 1. The Balaban J connectivity index is 1.14. The first-order chi connectivity index (χ1) is 18.0. The summed E-state index contributed by atoms with van der Waals surface area (Å²) >= 11 is 0. The fourth-order valence-corrected chi connectivity index (χ4v) is 4.76. The van der Waals surface area contributed by atoms with Gasteiger partial charge in [0.2, 0.25) is 5.91 Å². The van der Waals surface area contributed by atoms with Gasteiger partial charge in [-0.3, -0.25) is 9.69 Å². The molecule has 0 atom stereocenters. The first-order valence-electron chi connectivity index (χ1n) is 12.5. The molecule has 0 saturated carbocycles. The van der Waals surface area contributed by atoms with Crippen molar-refractivity contribution in [3.8, 4) is 5.75 Å². The van der Waals surface area contributed by atoms with E-state index in [2.05, 4.69) is 15.0 Å². The molecule has 38 heavy (non-hydrogen) atoms. The third kappa shape index (κ3) is 7.92. The third-order valence-electron chi connectivity index (χ3n) is 6.88. The Kier molecular flexibility index (Phi) is 8.59. The fraction of sp³-hybridized carbons (Fsp3) is 0.500. The molecular weight excluding hydrogens is 514 g/mol. The van der Waals surface area contributed by atoms with E-state index >= 15 is 0 Å². The van der Waals surface area contributed by atoms with Crippen molar-refractivity contribution in [3.63, 3.8) is 0 Å². The Hall–Kier alpha value is -3.15. The van der Waals surface area contributed by atoms with Crippen LogP contribution in [0.4, 0.5) is 37.7 Å². The van der Waals surface area contributed by atoms with Crippen molar-refractivity contribution in [2.45, 2.75) is 37.8 Å². The largest absolute Gasteiger partial charge is 0.573 e. The van der Waals surface area contributed by atoms with Crippen LogP contribution in [0.5, 0.6) is 5.75 Å². The van der Waals surface area contributed by atoms with Crippen LogP contribution in [0.3, 0.4) is 0 Å². The van der Waals surface area contributed by atoms with Crippen molar-refractivity contribution in [2.75, 3.05) is 56.0 Å². The summed E-state index contributed by atoms with van der Waals surface area (Å²) in [5.74, 6) is -0.188. The lowest BCUT2D eigenvalue weighted by Crippen LogP contribution is -2.48. The average molecular weight is 545 g/mol. The Morgan fingerprint density at radius 3 is 2.00 bits per heavy atom. The lowest BCUT2D eigenvalue weighted by atomic mass is 10.0. The fourth-order valence-electron chi connectivity index (χ4n) is 4.76. The van der Waals surface area contributed by atoms with Crippen LogP contribution in [0, 0.1) is 0 Å². The Morgan fingerprint density at radius 2 is 1.45 bits per heavy atom. The molecule has 0 aliphatic carbocycles. The number of rotatable bonds is 7. The van der Waals surface area contributed by atoms with Gasteiger partial charge in [-0.15, -0.1) is 13.2 Å². The van der Waals surface area contributed by atoms with Crippen molar-refractivity contribution in [1.29, 1.82) is 0 Å². The molecule has 1 amide bonds. The molecule has 208 valence electrons. The number of likely N-dealkylation sites (tertiary alicyclic amines) is 1. The van der Waals surface area contributed by atoms with Crippen molar-refractivity contribution >= 4 is 17.3 Å². The number of amides is 1. The molecule has 2 saturated heterocycles. The topological polar surface area (TPSA) is 48.1 Å². The highest BCUT2D eigenvalue weighted by Gasteiger charge is 2.31. The standard InChI is InChI=1S/C26H30F6N4O2/c27-25(28,29)19-1-5-22(6-2-19)35-17-15-34(16-18-35)12-11-24(37)36-13-9-21(10-14-36)33-20-3-7-23(8-4-20)38-26(30,31)32/h1-8,21,33H,9-18H2. The van der Waals surface area contributed by atoms with Gasteiger partial charge in [0.1, 0.15) is 5.75 Å². The molecule has 0 aromatic heterocycles. The van der Waals surface area contributed by atoms with Gasteiger partial charge in [-0.05, 0) is 61.4 Å². The molecule has 2 aromatic rings. The second-order valence-electron chi connectivity index (χ2n) is 9.49. The molecule has 2 fully saturated rings. The van der Waals surface area contributed by atoms with E-state index in [-0.39, 0.29) is 17.7 Å². The normalized spacial score (nSPS) is 17.9. The highest BCUT2D eigenvalue weighted by Crippen LogP contribution is 2.31. The number of carbonyl (C=O) groups excluding carboxylic acids is 1. The number of alkyl halides is 6. The lowest BCUT2D eigenvalue weighted by Gasteiger charge is -2.37. The maximum absolute atomic E-state index is 12.8. The van der Waals surface area contributed by atoms with Gasteiger partial charge in [-0.1, -0.05) is 0 Å². The number of hydrogen-bond donors (Lipinski definition) is 1. The van der Waals surface area contributed by atoms with E-state index in [0.29, 0.717) is 44.8 Å². The summed E-state index contributed by atoms with van der Waals surface area (Å²) < 4.78 is 79.1. The van der Waals surface area contributed by atoms with E-state index in [4.69, 9.17) is 0 Å². The minimum atomic E-state index is -4.72. The second kappa shape index (κ2) is 11.7. The minimum Gasteiger partial charge on any atom is -0.406 e. The number of halogens is 6. The molecule has 4 rings (SSSR count). The van der Waals surface area contributed by atoms with Gasteiger partial charge in [0.05, 0.1) is 5.56 Å². The van der Waals surface area contributed by atoms with Crippen LogP contribution in [0.1, 0.15) is 24.8 Å². The number of hydrogen-bond acceptors (Lipinski definition) is 5. The van der Waals surface area contributed by atoms with E-state index in [1.807, 2.05) is 9.80 Å². The molecule has 0 radical (unpaired) electrons. The van der Waals surface area contributed by atoms with E-state index < -0.39 is 18.1 Å². The number of nitrogens with one attached hydrogen (secondary N) is 1. The second-order valence-corrected chi connectivity index (χ2v) is 9.49. The average Bonchev–Trinajstić information content (AvgIpc) is 2.88. The SMILES string of the molecule is O=C(CCN1CCN(c2ccc(C(F)(F)F)cc2)CC1)N1CCC(Nc2ccc(OC(F)(F)F)cc2)CC1. The lowest BCUT2D eigenvalue weighted by molar-refractivity contribution is -0.274. The molecular formula is C26H30F6N4O2. The molecule has 0 spiro atoms. The summed E-state index contributed by atoms with van der Waals surface area (Å²) in [7, 11) is 0. The number of benzene rings is 2. The number of ether oxygens (including phenoxy) is 1. The zero-order valence-corrected chi connectivity index (χ0v) is 20.7. The summed E-state index contributed by atoms with van der Waals surface area (Å²) in [6, 6.07) is 10.9. The summed E-state index contributed by atoms with van der Waals surface area (Å²) in [4.78, 5) is 18.8. The molecule has 6 nitrogen and oxygen atoms in total. The first-order valence-corrected chi connectivity index (χ1v) is 12.5. The van der Waals surface area contributed by atoms with Crippen molar-refractivity contribution in [1.82, 2.24) is 9.80 Å². The predicted molar refractivity (Wildman–Crippen MR) is 131 cm³/mol. The molecule has 12 heteroatoms. The van der Waals surface area contributed by atoms with Crippen LogP contribution in [0.25, 0.3) is 0 Å². The maximum Gasteiger partial charge on any atom is 0.573 e. The number of piperidine rings is 1. The summed E-state index contributed by atoms with van der Waals surface area (Å²) in [6.07, 6.45) is -7.20. The smallest absolute Gasteiger partial charge is 0.406 e. The van der Waals surface area contributed by atoms with Crippen molar-refractivity contribution in [3.05, 3.63) is 54.1 Å². The number of nitrogens with zero attached hydrogens (tertiary/aromatic N) is 3. The molecule has 2 aliphatic heterocycles. The van der Waals surface area contributed by atoms with Crippen molar-refractivity contribution < 1.29 is 35.9 Å². The van der Waals surface area contributed by atoms with Gasteiger partial charge >= 0.3 is 12.5 Å². The number of piperazine rings is 1. The Labute approximate surface area is 217 Å². The van der Waals surface area contributed by atoms with E-state index in [1.165, 1.54) is 36.4 Å². The molecule has 2 aromatic carbocycles.